The molecule has 0 radical (unpaired) electrons. The second kappa shape index (κ2) is 7.86. The van der Waals surface area contributed by atoms with Crippen molar-refractivity contribution in [3.63, 3.8) is 0 Å². The van der Waals surface area contributed by atoms with Gasteiger partial charge in [-0.25, -0.2) is 0 Å². The molecule has 24 heavy (non-hydrogen) atoms. The summed E-state index contributed by atoms with van der Waals surface area (Å²) in [4.78, 5) is 14.4. The highest BCUT2D eigenvalue weighted by atomic mass is 16.1. The first-order chi connectivity index (χ1) is 11.7. The summed E-state index contributed by atoms with van der Waals surface area (Å²) < 4.78 is 0. The van der Waals surface area contributed by atoms with Gasteiger partial charge in [0.15, 0.2) is 0 Å². The quantitative estimate of drug-likeness (QED) is 0.843. The molecule has 0 spiro atoms. The number of nitrogens with zero attached hydrogens (tertiary/aromatic N) is 1. The molecule has 1 amide bonds. The van der Waals surface area contributed by atoms with E-state index in [-0.39, 0.29) is 5.91 Å². The lowest BCUT2D eigenvalue weighted by Crippen LogP contribution is -2.18. The van der Waals surface area contributed by atoms with Crippen LogP contribution in [0.25, 0.3) is 0 Å². The fraction of sp³-hybridized carbons (Fsp3) is 0.350. The first-order valence-electron chi connectivity index (χ1n) is 8.66. The Kier molecular flexibility index (Phi) is 5.36. The maximum atomic E-state index is 12.0. The Balaban J connectivity index is 1.43. The first-order valence-corrected chi connectivity index (χ1v) is 8.66. The van der Waals surface area contributed by atoms with Gasteiger partial charge in [0, 0.05) is 43.1 Å². The Morgan fingerprint density at radius 1 is 0.958 bits per heavy atom. The summed E-state index contributed by atoms with van der Waals surface area (Å²) in [5, 5.41) is 6.22. The lowest BCUT2D eigenvalue weighted by molar-refractivity contribution is -0.115. The van der Waals surface area contributed by atoms with E-state index in [1.807, 2.05) is 24.3 Å². The highest BCUT2D eigenvalue weighted by Crippen LogP contribution is 2.22. The van der Waals surface area contributed by atoms with Gasteiger partial charge in [0.05, 0.1) is 0 Å². The summed E-state index contributed by atoms with van der Waals surface area (Å²) in [6, 6.07) is 16.3. The number of aryl methyl sites for hydroxylation is 1. The van der Waals surface area contributed by atoms with Gasteiger partial charge in [-0.05, 0) is 56.2 Å². The van der Waals surface area contributed by atoms with Gasteiger partial charge in [-0.3, -0.25) is 4.79 Å². The third-order valence-corrected chi connectivity index (χ3v) is 4.36. The second-order valence-electron chi connectivity index (χ2n) is 6.33. The van der Waals surface area contributed by atoms with Crippen LogP contribution in [0.5, 0.6) is 0 Å². The number of benzene rings is 2. The van der Waals surface area contributed by atoms with Crippen molar-refractivity contribution < 1.29 is 4.79 Å². The van der Waals surface area contributed by atoms with Gasteiger partial charge in [-0.1, -0.05) is 17.7 Å². The Morgan fingerprint density at radius 2 is 1.58 bits per heavy atom. The van der Waals surface area contributed by atoms with Crippen LogP contribution in [0.15, 0.2) is 48.5 Å². The molecular formula is C20H25N3O. The highest BCUT2D eigenvalue weighted by Gasteiger charge is 2.12. The molecule has 1 fully saturated rings. The van der Waals surface area contributed by atoms with E-state index in [4.69, 9.17) is 0 Å². The van der Waals surface area contributed by atoms with Crippen LogP contribution in [0.3, 0.4) is 0 Å². The van der Waals surface area contributed by atoms with Crippen molar-refractivity contribution in [2.45, 2.75) is 26.2 Å². The monoisotopic (exact) mass is 323 g/mol. The Bertz CT molecular complexity index is 658. The van der Waals surface area contributed by atoms with E-state index in [9.17, 15) is 4.79 Å². The SMILES string of the molecule is Cc1ccc(NCCC(=O)Nc2ccc(N3CCCC3)cc2)cc1. The molecule has 126 valence electrons. The molecule has 4 heteroatoms. The third kappa shape index (κ3) is 4.51. The molecule has 0 unspecified atom stereocenters. The van der Waals surface area contributed by atoms with Crippen LogP contribution >= 0.6 is 0 Å². The number of anilines is 3. The first kappa shape index (κ1) is 16.4. The number of hydrogen-bond donors (Lipinski definition) is 2. The summed E-state index contributed by atoms with van der Waals surface area (Å²) >= 11 is 0. The standard InChI is InChI=1S/C20H25N3O/c1-16-4-6-17(7-5-16)21-13-12-20(24)22-18-8-10-19(11-9-18)23-14-2-3-15-23/h4-11,21H,2-3,12-15H2,1H3,(H,22,24). The van der Waals surface area contributed by atoms with E-state index in [0.717, 1.165) is 24.5 Å². The maximum absolute atomic E-state index is 12.0. The van der Waals surface area contributed by atoms with Crippen LogP contribution in [-0.2, 0) is 4.79 Å². The normalized spacial score (nSPS) is 13.8. The minimum atomic E-state index is 0.0311. The van der Waals surface area contributed by atoms with Crippen molar-refractivity contribution in [3.05, 3.63) is 54.1 Å². The molecule has 0 bridgehead atoms. The Morgan fingerprint density at radius 3 is 2.25 bits per heavy atom. The molecule has 0 aliphatic carbocycles. The van der Waals surface area contributed by atoms with Crippen molar-refractivity contribution in [1.82, 2.24) is 0 Å². The predicted octanol–water partition coefficient (Wildman–Crippen LogP) is 4.04. The summed E-state index contributed by atoms with van der Waals surface area (Å²) in [6.07, 6.45) is 2.99. The van der Waals surface area contributed by atoms with E-state index in [1.54, 1.807) is 0 Å². The zero-order chi connectivity index (χ0) is 16.8. The lowest BCUT2D eigenvalue weighted by atomic mass is 10.2. The molecule has 1 heterocycles. The predicted molar refractivity (Wildman–Crippen MR) is 101 cm³/mol. The largest absolute Gasteiger partial charge is 0.385 e. The van der Waals surface area contributed by atoms with Gasteiger partial charge < -0.3 is 15.5 Å². The summed E-state index contributed by atoms with van der Waals surface area (Å²) in [7, 11) is 0. The molecule has 4 nitrogen and oxygen atoms in total. The van der Waals surface area contributed by atoms with E-state index in [1.165, 1.54) is 24.1 Å². The van der Waals surface area contributed by atoms with Crippen LogP contribution < -0.4 is 15.5 Å². The minimum absolute atomic E-state index is 0.0311. The molecule has 0 atom stereocenters. The van der Waals surface area contributed by atoms with Crippen molar-refractivity contribution in [2.75, 3.05) is 35.2 Å². The molecule has 1 saturated heterocycles. The smallest absolute Gasteiger partial charge is 0.226 e. The topological polar surface area (TPSA) is 44.4 Å². The molecule has 3 rings (SSSR count). The second-order valence-corrected chi connectivity index (χ2v) is 6.33. The fourth-order valence-corrected chi connectivity index (χ4v) is 2.95. The maximum Gasteiger partial charge on any atom is 0.226 e. The van der Waals surface area contributed by atoms with Gasteiger partial charge in [0.2, 0.25) is 5.91 Å². The zero-order valence-corrected chi connectivity index (χ0v) is 14.2. The van der Waals surface area contributed by atoms with Crippen LogP contribution in [0, 0.1) is 6.92 Å². The Labute approximate surface area is 143 Å². The van der Waals surface area contributed by atoms with Crippen LogP contribution in [0.1, 0.15) is 24.8 Å². The number of amides is 1. The molecule has 0 saturated carbocycles. The molecule has 2 aromatic rings. The summed E-state index contributed by atoms with van der Waals surface area (Å²) in [5.41, 5.74) is 4.38. The van der Waals surface area contributed by atoms with E-state index < -0.39 is 0 Å². The van der Waals surface area contributed by atoms with Crippen molar-refractivity contribution >= 4 is 23.0 Å². The minimum Gasteiger partial charge on any atom is -0.385 e. The van der Waals surface area contributed by atoms with E-state index >= 15 is 0 Å². The molecule has 2 N–H and O–H groups in total. The molecule has 1 aliphatic heterocycles. The van der Waals surface area contributed by atoms with E-state index in [2.05, 4.69) is 46.7 Å². The van der Waals surface area contributed by atoms with Crippen LogP contribution in [0.4, 0.5) is 17.1 Å². The average molecular weight is 323 g/mol. The summed E-state index contributed by atoms with van der Waals surface area (Å²) in [5.74, 6) is 0.0311. The van der Waals surface area contributed by atoms with Gasteiger partial charge in [-0.2, -0.15) is 0 Å². The number of nitrogens with one attached hydrogen (secondary N) is 2. The van der Waals surface area contributed by atoms with E-state index in [0.29, 0.717) is 13.0 Å². The highest BCUT2D eigenvalue weighted by molar-refractivity contribution is 5.91. The third-order valence-electron chi connectivity index (χ3n) is 4.36. The van der Waals surface area contributed by atoms with Gasteiger partial charge in [-0.15, -0.1) is 0 Å². The number of rotatable bonds is 6. The number of carbonyl (C=O) groups excluding carboxylic acids is 1. The molecule has 0 aromatic heterocycles. The Hall–Kier alpha value is -2.49. The van der Waals surface area contributed by atoms with Gasteiger partial charge in [0.1, 0.15) is 0 Å². The average Bonchev–Trinajstić information content (AvgIpc) is 3.12. The number of carbonyl (C=O) groups is 1. The zero-order valence-electron chi connectivity index (χ0n) is 14.2. The van der Waals surface area contributed by atoms with Crippen molar-refractivity contribution in [2.24, 2.45) is 0 Å². The summed E-state index contributed by atoms with van der Waals surface area (Å²) in [6.45, 7) is 4.96. The fourth-order valence-electron chi connectivity index (χ4n) is 2.95. The van der Waals surface area contributed by atoms with Crippen molar-refractivity contribution in [1.29, 1.82) is 0 Å². The number of hydrogen-bond acceptors (Lipinski definition) is 3. The van der Waals surface area contributed by atoms with Crippen LogP contribution in [-0.4, -0.2) is 25.5 Å². The van der Waals surface area contributed by atoms with Crippen molar-refractivity contribution in [3.8, 4) is 0 Å². The van der Waals surface area contributed by atoms with Gasteiger partial charge in [0.25, 0.3) is 0 Å². The van der Waals surface area contributed by atoms with Gasteiger partial charge >= 0.3 is 0 Å². The lowest BCUT2D eigenvalue weighted by Gasteiger charge is -2.17. The molecule has 2 aromatic carbocycles. The molecule has 1 aliphatic rings. The van der Waals surface area contributed by atoms with Crippen LogP contribution in [0.2, 0.25) is 0 Å². The molecular weight excluding hydrogens is 298 g/mol.